The van der Waals surface area contributed by atoms with Crippen LogP contribution in [0.4, 0.5) is 26.2 Å². The van der Waals surface area contributed by atoms with E-state index >= 15 is 0 Å². The summed E-state index contributed by atoms with van der Waals surface area (Å²) < 4.78 is 28.9. The molecule has 196 valence electrons. The summed E-state index contributed by atoms with van der Waals surface area (Å²) in [7, 11) is 0. The van der Waals surface area contributed by atoms with Crippen LogP contribution in [0.5, 0.6) is 0 Å². The molecular formula is C26H32F2N8O. The highest BCUT2D eigenvalue weighted by molar-refractivity contribution is 5.54. The molecule has 0 unspecified atom stereocenters. The zero-order chi connectivity index (χ0) is 25.9. The second-order valence-electron chi connectivity index (χ2n) is 9.58. The molecule has 0 radical (unpaired) electrons. The van der Waals surface area contributed by atoms with Crippen molar-refractivity contribution in [3.05, 3.63) is 59.4 Å². The van der Waals surface area contributed by atoms with Crippen LogP contribution in [0, 0.1) is 18.6 Å². The summed E-state index contributed by atoms with van der Waals surface area (Å²) in [6, 6.07) is 5.54. The Balaban J connectivity index is 1.20. The number of nitrogens with zero attached hydrogens (tertiary/aromatic N) is 7. The summed E-state index contributed by atoms with van der Waals surface area (Å²) in [5.74, 6) is 0.426. The summed E-state index contributed by atoms with van der Waals surface area (Å²) in [5.41, 5.74) is 8.52. The number of aliphatic hydroxyl groups excluding tert-OH is 1. The third kappa shape index (κ3) is 5.89. The van der Waals surface area contributed by atoms with E-state index in [0.717, 1.165) is 55.9 Å². The van der Waals surface area contributed by atoms with Crippen molar-refractivity contribution >= 4 is 23.5 Å². The molecule has 5 rings (SSSR count). The van der Waals surface area contributed by atoms with Gasteiger partial charge < -0.3 is 20.6 Å². The van der Waals surface area contributed by atoms with Crippen LogP contribution in [0.2, 0.25) is 0 Å². The first kappa shape index (κ1) is 25.1. The van der Waals surface area contributed by atoms with Crippen LogP contribution in [0.3, 0.4) is 0 Å². The Kier molecular flexibility index (Phi) is 7.33. The van der Waals surface area contributed by atoms with E-state index in [9.17, 15) is 13.9 Å². The van der Waals surface area contributed by atoms with Crippen molar-refractivity contribution in [2.45, 2.75) is 25.9 Å². The zero-order valence-corrected chi connectivity index (χ0v) is 20.9. The number of benzene rings is 1. The first-order valence-corrected chi connectivity index (χ1v) is 12.6. The molecule has 0 saturated carbocycles. The quantitative estimate of drug-likeness (QED) is 0.522. The molecule has 0 atom stereocenters. The molecule has 2 fully saturated rings. The lowest BCUT2D eigenvalue weighted by Crippen LogP contribution is -2.46. The van der Waals surface area contributed by atoms with E-state index in [1.54, 1.807) is 10.9 Å². The average molecular weight is 511 g/mol. The zero-order valence-electron chi connectivity index (χ0n) is 20.9. The van der Waals surface area contributed by atoms with Crippen LogP contribution in [0.15, 0.2) is 36.5 Å². The fraction of sp³-hybridized carbons (Fsp3) is 0.423. The van der Waals surface area contributed by atoms with E-state index in [1.165, 1.54) is 12.1 Å². The number of nitrogens with two attached hydrogens (primary N) is 1. The Morgan fingerprint density at radius 1 is 0.946 bits per heavy atom. The number of anilines is 3. The molecule has 1 aromatic carbocycles. The predicted molar refractivity (Wildman–Crippen MR) is 140 cm³/mol. The minimum absolute atomic E-state index is 0.186. The molecule has 9 nitrogen and oxygen atoms in total. The van der Waals surface area contributed by atoms with Gasteiger partial charge in [0, 0.05) is 69.2 Å². The van der Waals surface area contributed by atoms with Gasteiger partial charge in [-0.05, 0) is 31.9 Å². The molecule has 3 N–H and O–H groups in total. The molecule has 0 bridgehead atoms. The van der Waals surface area contributed by atoms with Crippen molar-refractivity contribution < 1.29 is 13.9 Å². The van der Waals surface area contributed by atoms with Crippen molar-refractivity contribution in [2.24, 2.45) is 0 Å². The van der Waals surface area contributed by atoms with E-state index in [0.29, 0.717) is 37.4 Å². The van der Waals surface area contributed by atoms with E-state index in [2.05, 4.69) is 30.9 Å². The average Bonchev–Trinajstić information content (AvgIpc) is 3.24. The number of hydrogen-bond donors (Lipinski definition) is 2. The molecule has 2 aliphatic heterocycles. The SMILES string of the molecule is Cc1c(/C=C/CN2CCN(c3cc(F)cc(F)c3)CC2)cnn1-c1cc(N2CCC(O)CC2)nc(N)n1. The van der Waals surface area contributed by atoms with Gasteiger partial charge in [0.15, 0.2) is 5.82 Å². The molecule has 0 spiro atoms. The van der Waals surface area contributed by atoms with Crippen LogP contribution >= 0.6 is 0 Å². The number of aliphatic hydroxyl groups is 1. The Morgan fingerprint density at radius 3 is 2.32 bits per heavy atom. The Bertz CT molecular complexity index is 1240. The minimum Gasteiger partial charge on any atom is -0.393 e. The maximum atomic E-state index is 13.6. The summed E-state index contributed by atoms with van der Waals surface area (Å²) in [4.78, 5) is 15.2. The van der Waals surface area contributed by atoms with Gasteiger partial charge in [-0.2, -0.15) is 15.1 Å². The van der Waals surface area contributed by atoms with Gasteiger partial charge >= 0.3 is 0 Å². The van der Waals surface area contributed by atoms with E-state index in [4.69, 9.17) is 5.73 Å². The summed E-state index contributed by atoms with van der Waals surface area (Å²) in [6.07, 6.45) is 7.09. The second kappa shape index (κ2) is 10.8. The number of piperidine rings is 1. The highest BCUT2D eigenvalue weighted by Crippen LogP contribution is 2.23. The number of aromatic nitrogens is 4. The molecule has 4 heterocycles. The van der Waals surface area contributed by atoms with Crippen molar-refractivity contribution in [1.29, 1.82) is 0 Å². The van der Waals surface area contributed by atoms with Crippen molar-refractivity contribution in [1.82, 2.24) is 24.6 Å². The van der Waals surface area contributed by atoms with Gasteiger partial charge in [0.1, 0.15) is 17.5 Å². The largest absolute Gasteiger partial charge is 0.393 e. The lowest BCUT2D eigenvalue weighted by molar-refractivity contribution is 0.145. The normalized spacial score (nSPS) is 17.7. The third-order valence-electron chi connectivity index (χ3n) is 7.02. The Labute approximate surface area is 214 Å². The topological polar surface area (TPSA) is 99.6 Å². The summed E-state index contributed by atoms with van der Waals surface area (Å²) in [5, 5.41) is 14.3. The third-order valence-corrected chi connectivity index (χ3v) is 7.02. The Hall–Kier alpha value is -3.57. The van der Waals surface area contributed by atoms with Gasteiger partial charge in [-0.3, -0.25) is 4.90 Å². The number of rotatable bonds is 6. The monoisotopic (exact) mass is 510 g/mol. The molecule has 0 aliphatic carbocycles. The van der Waals surface area contributed by atoms with Crippen molar-refractivity contribution in [3.8, 4) is 5.82 Å². The van der Waals surface area contributed by atoms with Crippen LogP contribution < -0.4 is 15.5 Å². The van der Waals surface area contributed by atoms with Gasteiger partial charge in [-0.1, -0.05) is 12.2 Å². The standard InChI is InChI=1S/C26H32F2N8O/c1-18-19(3-2-6-33-9-11-34(12-10-33)22-14-20(27)13-21(28)15-22)17-30-36(18)25-16-24(31-26(29)32-25)35-7-4-23(37)5-8-35/h2-3,13-17,23,37H,4-12H2,1H3,(H2,29,31,32)/b3-2+. The van der Waals surface area contributed by atoms with Gasteiger partial charge in [-0.15, -0.1) is 0 Å². The highest BCUT2D eigenvalue weighted by Gasteiger charge is 2.21. The predicted octanol–water partition coefficient (Wildman–Crippen LogP) is 2.63. The molecule has 3 aromatic rings. The van der Waals surface area contributed by atoms with Crippen molar-refractivity contribution in [2.75, 3.05) is 61.3 Å². The van der Waals surface area contributed by atoms with Gasteiger partial charge in [-0.25, -0.2) is 13.5 Å². The lowest BCUT2D eigenvalue weighted by atomic mass is 10.1. The van der Waals surface area contributed by atoms with E-state index in [1.807, 2.05) is 24.0 Å². The van der Waals surface area contributed by atoms with Crippen LogP contribution in [-0.2, 0) is 0 Å². The minimum atomic E-state index is -0.552. The maximum absolute atomic E-state index is 13.6. The molecule has 2 aromatic heterocycles. The number of piperazine rings is 1. The van der Waals surface area contributed by atoms with Gasteiger partial charge in [0.2, 0.25) is 5.95 Å². The van der Waals surface area contributed by atoms with Crippen molar-refractivity contribution in [3.63, 3.8) is 0 Å². The number of hydrogen-bond acceptors (Lipinski definition) is 8. The first-order chi connectivity index (χ1) is 17.9. The van der Waals surface area contributed by atoms with E-state index < -0.39 is 11.6 Å². The second-order valence-corrected chi connectivity index (χ2v) is 9.58. The van der Waals surface area contributed by atoms with Crippen LogP contribution in [0.25, 0.3) is 11.9 Å². The molecular weight excluding hydrogens is 478 g/mol. The van der Waals surface area contributed by atoms with Gasteiger partial charge in [0.05, 0.1) is 18.0 Å². The number of halogens is 2. The van der Waals surface area contributed by atoms with Gasteiger partial charge in [0.25, 0.3) is 0 Å². The maximum Gasteiger partial charge on any atom is 0.224 e. The van der Waals surface area contributed by atoms with Crippen LogP contribution in [-0.4, -0.2) is 81.7 Å². The molecule has 37 heavy (non-hydrogen) atoms. The fourth-order valence-electron chi connectivity index (χ4n) is 4.86. The first-order valence-electron chi connectivity index (χ1n) is 12.6. The molecule has 2 saturated heterocycles. The molecule has 2 aliphatic rings. The smallest absolute Gasteiger partial charge is 0.224 e. The van der Waals surface area contributed by atoms with E-state index in [-0.39, 0.29) is 12.1 Å². The van der Waals surface area contributed by atoms with Crippen LogP contribution in [0.1, 0.15) is 24.1 Å². The fourth-order valence-corrected chi connectivity index (χ4v) is 4.86. The number of nitrogen functional groups attached to an aromatic ring is 1. The highest BCUT2D eigenvalue weighted by atomic mass is 19.1. The summed E-state index contributed by atoms with van der Waals surface area (Å²) in [6.45, 7) is 7.21. The summed E-state index contributed by atoms with van der Waals surface area (Å²) >= 11 is 0. The molecule has 0 amide bonds. The molecule has 11 heteroatoms. The Morgan fingerprint density at radius 2 is 1.62 bits per heavy atom. The lowest BCUT2D eigenvalue weighted by Gasteiger charge is -2.35.